The summed E-state index contributed by atoms with van der Waals surface area (Å²) in [4.78, 5) is 16.0. The number of pyridine rings is 1. The van der Waals surface area contributed by atoms with Crippen molar-refractivity contribution in [3.63, 3.8) is 0 Å². The van der Waals surface area contributed by atoms with Gasteiger partial charge in [-0.2, -0.15) is 0 Å². The summed E-state index contributed by atoms with van der Waals surface area (Å²) in [6, 6.07) is 1.62. The molecule has 1 saturated carbocycles. The molecule has 0 radical (unpaired) electrons. The van der Waals surface area contributed by atoms with Gasteiger partial charge in [0.05, 0.1) is 10.6 Å². The molecular weight excluding hydrogens is 291 g/mol. The van der Waals surface area contributed by atoms with Crippen LogP contribution in [-0.4, -0.2) is 22.3 Å². The fourth-order valence-electron chi connectivity index (χ4n) is 1.47. The van der Waals surface area contributed by atoms with Crippen molar-refractivity contribution in [2.24, 2.45) is 5.92 Å². The molecule has 1 unspecified atom stereocenters. The molecule has 2 rings (SSSR count). The molecule has 0 aliphatic heterocycles. The van der Waals surface area contributed by atoms with Crippen LogP contribution in [0.25, 0.3) is 0 Å². The molecule has 5 heteroatoms. The van der Waals surface area contributed by atoms with Crippen LogP contribution in [0.1, 0.15) is 23.2 Å². The van der Waals surface area contributed by atoms with Crippen LogP contribution in [0.3, 0.4) is 0 Å². The van der Waals surface area contributed by atoms with Crippen LogP contribution in [0.4, 0.5) is 0 Å². The van der Waals surface area contributed by atoms with Crippen molar-refractivity contribution in [2.75, 3.05) is 6.54 Å². The molecule has 0 aromatic carbocycles. The molecule has 0 bridgehead atoms. The SMILES string of the molecule is O=C(NCC(Br)C1CC1)c1ccncc1Cl. The second-order valence-corrected chi connectivity index (χ2v) is 5.50. The molecule has 1 N–H and O–H groups in total. The smallest absolute Gasteiger partial charge is 0.252 e. The number of nitrogens with zero attached hydrogens (tertiary/aromatic N) is 1. The molecule has 16 heavy (non-hydrogen) atoms. The third-order valence-corrected chi connectivity index (χ3v) is 3.98. The lowest BCUT2D eigenvalue weighted by Gasteiger charge is -2.10. The number of aromatic nitrogens is 1. The molecule has 1 aromatic rings. The summed E-state index contributed by atoms with van der Waals surface area (Å²) in [6.07, 6.45) is 5.54. The lowest BCUT2D eigenvalue weighted by molar-refractivity contribution is 0.0953. The highest BCUT2D eigenvalue weighted by Gasteiger charge is 2.29. The number of halogens is 2. The molecule has 0 saturated heterocycles. The monoisotopic (exact) mass is 302 g/mol. The van der Waals surface area contributed by atoms with E-state index in [9.17, 15) is 4.79 Å². The summed E-state index contributed by atoms with van der Waals surface area (Å²) in [6.45, 7) is 0.641. The number of carbonyl (C=O) groups is 1. The lowest BCUT2D eigenvalue weighted by atomic mass is 10.2. The first-order valence-corrected chi connectivity index (χ1v) is 6.49. The van der Waals surface area contributed by atoms with Crippen LogP contribution < -0.4 is 5.32 Å². The van der Waals surface area contributed by atoms with Crippen LogP contribution in [0, 0.1) is 5.92 Å². The van der Waals surface area contributed by atoms with Gasteiger partial charge in [-0.1, -0.05) is 27.5 Å². The van der Waals surface area contributed by atoms with E-state index in [1.165, 1.54) is 19.0 Å². The van der Waals surface area contributed by atoms with E-state index < -0.39 is 0 Å². The van der Waals surface area contributed by atoms with Gasteiger partial charge in [0.1, 0.15) is 0 Å². The minimum Gasteiger partial charge on any atom is -0.351 e. The normalized spacial score (nSPS) is 16.9. The van der Waals surface area contributed by atoms with Crippen molar-refractivity contribution in [1.29, 1.82) is 0 Å². The van der Waals surface area contributed by atoms with Crippen molar-refractivity contribution in [1.82, 2.24) is 10.3 Å². The largest absolute Gasteiger partial charge is 0.351 e. The zero-order valence-corrected chi connectivity index (χ0v) is 11.0. The zero-order valence-electron chi connectivity index (χ0n) is 8.62. The van der Waals surface area contributed by atoms with E-state index >= 15 is 0 Å². The van der Waals surface area contributed by atoms with Gasteiger partial charge in [0.25, 0.3) is 5.91 Å². The maximum Gasteiger partial charge on any atom is 0.252 e. The standard InChI is InChI=1S/C11H12BrClN2O/c12-9(7-1-2-7)5-15-11(16)8-3-4-14-6-10(8)13/h3-4,6-7,9H,1-2,5H2,(H,15,16). The highest BCUT2D eigenvalue weighted by molar-refractivity contribution is 9.09. The van der Waals surface area contributed by atoms with E-state index in [2.05, 4.69) is 26.2 Å². The van der Waals surface area contributed by atoms with Gasteiger partial charge in [0.15, 0.2) is 0 Å². The number of alkyl halides is 1. The molecule has 86 valence electrons. The highest BCUT2D eigenvalue weighted by Crippen LogP contribution is 2.36. The Balaban J connectivity index is 1.90. The predicted octanol–water partition coefficient (Wildman–Crippen LogP) is 2.64. The molecule has 1 amide bonds. The number of hydrogen-bond acceptors (Lipinski definition) is 2. The van der Waals surface area contributed by atoms with Crippen molar-refractivity contribution in [3.8, 4) is 0 Å². The van der Waals surface area contributed by atoms with Crippen molar-refractivity contribution < 1.29 is 4.79 Å². The third-order valence-electron chi connectivity index (χ3n) is 2.61. The van der Waals surface area contributed by atoms with E-state index in [0.29, 0.717) is 27.9 Å². The second kappa shape index (κ2) is 5.15. The van der Waals surface area contributed by atoms with Gasteiger partial charge in [-0.05, 0) is 24.8 Å². The Morgan fingerprint density at radius 1 is 1.69 bits per heavy atom. The number of amides is 1. The molecule has 3 nitrogen and oxygen atoms in total. The summed E-state index contributed by atoms with van der Waals surface area (Å²) in [5, 5.41) is 3.25. The van der Waals surface area contributed by atoms with E-state index in [4.69, 9.17) is 11.6 Å². The highest BCUT2D eigenvalue weighted by atomic mass is 79.9. The quantitative estimate of drug-likeness (QED) is 0.869. The Hall–Kier alpha value is -0.610. The topological polar surface area (TPSA) is 42.0 Å². The summed E-state index contributed by atoms with van der Waals surface area (Å²) in [5.74, 6) is 0.575. The van der Waals surface area contributed by atoms with Crippen molar-refractivity contribution in [3.05, 3.63) is 29.0 Å². The molecular formula is C11H12BrClN2O. The molecule has 1 aromatic heterocycles. The van der Waals surface area contributed by atoms with Crippen LogP contribution in [-0.2, 0) is 0 Å². The fraction of sp³-hybridized carbons (Fsp3) is 0.455. The minimum absolute atomic E-state index is 0.141. The van der Waals surface area contributed by atoms with Crippen molar-refractivity contribution >= 4 is 33.4 Å². The van der Waals surface area contributed by atoms with Crippen LogP contribution in [0.2, 0.25) is 5.02 Å². The summed E-state index contributed by atoms with van der Waals surface area (Å²) in [7, 11) is 0. The Bertz CT molecular complexity index is 395. The van der Waals surface area contributed by atoms with E-state index in [1.807, 2.05) is 0 Å². The van der Waals surface area contributed by atoms with Crippen LogP contribution in [0.5, 0.6) is 0 Å². The van der Waals surface area contributed by atoms with Gasteiger partial charge >= 0.3 is 0 Å². The summed E-state index contributed by atoms with van der Waals surface area (Å²) < 4.78 is 0. The lowest BCUT2D eigenvalue weighted by Crippen LogP contribution is -2.30. The number of carbonyl (C=O) groups excluding carboxylic acids is 1. The van der Waals surface area contributed by atoms with Crippen molar-refractivity contribution in [2.45, 2.75) is 17.7 Å². The Morgan fingerprint density at radius 2 is 2.44 bits per heavy atom. The number of nitrogens with one attached hydrogen (secondary N) is 1. The Kier molecular flexibility index (Phi) is 3.82. The van der Waals surface area contributed by atoms with E-state index in [-0.39, 0.29) is 5.91 Å². The molecule has 1 fully saturated rings. The summed E-state index contributed by atoms with van der Waals surface area (Å²) >= 11 is 9.44. The second-order valence-electron chi connectivity index (χ2n) is 3.92. The maximum absolute atomic E-state index is 11.8. The first-order chi connectivity index (χ1) is 7.68. The van der Waals surface area contributed by atoms with Gasteiger partial charge in [-0.25, -0.2) is 0 Å². The average Bonchev–Trinajstić information content (AvgIpc) is 3.10. The van der Waals surface area contributed by atoms with Gasteiger partial charge in [-0.3, -0.25) is 9.78 Å². The molecule has 1 aliphatic rings. The van der Waals surface area contributed by atoms with Crippen LogP contribution in [0.15, 0.2) is 18.5 Å². The number of rotatable bonds is 4. The first kappa shape index (κ1) is 11.9. The number of hydrogen-bond donors (Lipinski definition) is 1. The van der Waals surface area contributed by atoms with Crippen LogP contribution >= 0.6 is 27.5 Å². The molecule has 1 heterocycles. The van der Waals surface area contributed by atoms with E-state index in [1.54, 1.807) is 12.3 Å². The fourth-order valence-corrected chi connectivity index (χ4v) is 2.37. The van der Waals surface area contributed by atoms with Gasteiger partial charge in [-0.15, -0.1) is 0 Å². The average molecular weight is 304 g/mol. The maximum atomic E-state index is 11.8. The Labute approximate surface area is 108 Å². The van der Waals surface area contributed by atoms with Gasteiger partial charge < -0.3 is 5.32 Å². The predicted molar refractivity (Wildman–Crippen MR) is 67.0 cm³/mol. The van der Waals surface area contributed by atoms with Gasteiger partial charge in [0, 0.05) is 23.8 Å². The minimum atomic E-state index is -0.141. The zero-order chi connectivity index (χ0) is 11.5. The Morgan fingerprint density at radius 3 is 3.06 bits per heavy atom. The summed E-state index contributed by atoms with van der Waals surface area (Å²) in [5.41, 5.74) is 0.479. The molecule has 0 spiro atoms. The third kappa shape index (κ3) is 2.95. The molecule has 1 aliphatic carbocycles. The first-order valence-electron chi connectivity index (χ1n) is 5.20. The molecule has 1 atom stereocenters. The van der Waals surface area contributed by atoms with Gasteiger partial charge in [0.2, 0.25) is 0 Å². The van der Waals surface area contributed by atoms with E-state index in [0.717, 1.165) is 0 Å².